The number of anilines is 3. The Balaban J connectivity index is 0.000000156. The highest BCUT2D eigenvalue weighted by Gasteiger charge is 2.17. The predicted octanol–water partition coefficient (Wildman–Crippen LogP) is 18.4. The number of hydrogen-bond acceptors (Lipinski definition) is 1. The maximum atomic E-state index is 2.29. The molecule has 0 spiro atoms. The fourth-order valence-corrected chi connectivity index (χ4v) is 8.23. The summed E-state index contributed by atoms with van der Waals surface area (Å²) in [5.41, 5.74) is 24.8. The molecule has 0 atom stereocenters. The van der Waals surface area contributed by atoms with Gasteiger partial charge in [-0.15, -0.1) is 0 Å². The van der Waals surface area contributed by atoms with Crippen molar-refractivity contribution < 1.29 is 0 Å². The van der Waals surface area contributed by atoms with Gasteiger partial charge in [-0.05, 0) is 147 Å². The molecule has 0 aliphatic carbocycles. The molecule has 1 heteroatoms. The summed E-state index contributed by atoms with van der Waals surface area (Å²) in [6.07, 6.45) is 1.03. The molecule has 9 aromatic rings. The molecule has 344 valence electrons. The average Bonchev–Trinajstić information content (AvgIpc) is 3.32. The lowest BCUT2D eigenvalue weighted by Crippen LogP contribution is -2.09. The highest BCUT2D eigenvalue weighted by molar-refractivity contribution is 5.76. The average molecular weight is 890 g/mol. The molecule has 0 aliphatic heterocycles. The van der Waals surface area contributed by atoms with E-state index in [1.165, 1.54) is 106 Å². The Labute approximate surface area is 409 Å². The van der Waals surface area contributed by atoms with E-state index in [1.54, 1.807) is 0 Å². The first kappa shape index (κ1) is 50.2. The van der Waals surface area contributed by atoms with Gasteiger partial charge in [0, 0.05) is 23.0 Å². The maximum absolute atomic E-state index is 2.29. The summed E-state index contributed by atoms with van der Waals surface area (Å²) in [4.78, 5) is 2.29. The summed E-state index contributed by atoms with van der Waals surface area (Å²) in [6.45, 7) is 23.4. The SMILES string of the molecule is Cc1cc(C)cc(C)c1.Cc1ccc(C(c2ccc(C)cc2)c2ccc(C)cc2)cc1.Cc1ccc(Cc2ccc(C)cc2)cc1.Cc1ccc(N(c2ccc(C)cc2)c2ccc(C)cc2)cc1. The van der Waals surface area contributed by atoms with Crippen LogP contribution in [0, 0.1) is 76.2 Å². The summed E-state index contributed by atoms with van der Waals surface area (Å²) in [5.74, 6) is 0.293. The quantitative estimate of drug-likeness (QED) is 0.137. The number of hydrogen-bond donors (Lipinski definition) is 0. The Hall–Kier alpha value is -7.22. The molecule has 1 nitrogen and oxygen atoms in total. The van der Waals surface area contributed by atoms with E-state index >= 15 is 0 Å². The van der Waals surface area contributed by atoms with Gasteiger partial charge >= 0.3 is 0 Å². The number of aryl methyl sites for hydroxylation is 11. The summed E-state index contributed by atoms with van der Waals surface area (Å²) in [6, 6.07) is 76.7. The minimum absolute atomic E-state index is 0.293. The lowest BCUT2D eigenvalue weighted by molar-refractivity contribution is 0.973. The van der Waals surface area contributed by atoms with Crippen molar-refractivity contribution in [2.75, 3.05) is 4.90 Å². The van der Waals surface area contributed by atoms with Crippen molar-refractivity contribution in [3.8, 4) is 0 Å². The van der Waals surface area contributed by atoms with Crippen LogP contribution in [0.15, 0.2) is 212 Å². The van der Waals surface area contributed by atoms with Gasteiger partial charge < -0.3 is 4.90 Å². The standard InChI is InChI=1S/C22H22.C21H21N.C15H16.C9H12/c2*1-16-4-10-19(11-5-16)22(20-12-6-17(2)7-13-20)21-14-8-18(3)9-15-21;1-12-3-7-14(8-4-12)11-15-9-5-13(2)6-10-15;1-7-4-8(2)6-9(3)5-7/h4-15,22H,1-3H3;4-15H,1-3H3;3-10H,11H2,1-2H3;4-6H,1-3H3. The van der Waals surface area contributed by atoms with Crippen LogP contribution in [0.3, 0.4) is 0 Å². The zero-order valence-electron chi connectivity index (χ0n) is 42.4. The van der Waals surface area contributed by atoms with E-state index in [0.717, 1.165) is 6.42 Å². The van der Waals surface area contributed by atoms with E-state index in [0.29, 0.717) is 5.92 Å². The molecule has 0 saturated heterocycles. The van der Waals surface area contributed by atoms with Crippen LogP contribution in [0.2, 0.25) is 0 Å². The zero-order valence-corrected chi connectivity index (χ0v) is 42.4. The fourth-order valence-electron chi connectivity index (χ4n) is 8.23. The molecule has 0 aromatic heterocycles. The second kappa shape index (κ2) is 24.5. The molecule has 68 heavy (non-hydrogen) atoms. The molecule has 0 aliphatic rings. The van der Waals surface area contributed by atoms with Crippen LogP contribution in [0.25, 0.3) is 0 Å². The summed E-state index contributed by atoms with van der Waals surface area (Å²) >= 11 is 0. The van der Waals surface area contributed by atoms with Gasteiger partial charge in [0.1, 0.15) is 0 Å². The van der Waals surface area contributed by atoms with Crippen LogP contribution in [0.4, 0.5) is 17.1 Å². The van der Waals surface area contributed by atoms with E-state index in [-0.39, 0.29) is 0 Å². The highest BCUT2D eigenvalue weighted by atomic mass is 15.1. The third kappa shape index (κ3) is 15.4. The van der Waals surface area contributed by atoms with Gasteiger partial charge in [-0.25, -0.2) is 0 Å². The lowest BCUT2D eigenvalue weighted by Gasteiger charge is -2.25. The molecule has 9 rings (SSSR count). The highest BCUT2D eigenvalue weighted by Crippen LogP contribution is 2.35. The molecule has 0 unspecified atom stereocenters. The first-order valence-electron chi connectivity index (χ1n) is 24.0. The Morgan fingerprint density at radius 3 is 0.647 bits per heavy atom. The van der Waals surface area contributed by atoms with Crippen LogP contribution >= 0.6 is 0 Å². The smallest absolute Gasteiger partial charge is 0.0461 e. The number of benzene rings is 9. The molecule has 9 aromatic carbocycles. The molecular formula is C67H71N. The Kier molecular flexibility index (Phi) is 18.1. The topological polar surface area (TPSA) is 3.24 Å². The predicted molar refractivity (Wildman–Crippen MR) is 296 cm³/mol. The molecule has 0 bridgehead atoms. The zero-order chi connectivity index (χ0) is 48.6. The summed E-state index contributed by atoms with van der Waals surface area (Å²) in [5, 5.41) is 0. The molecule has 0 fully saturated rings. The minimum Gasteiger partial charge on any atom is -0.311 e. The third-order valence-electron chi connectivity index (χ3n) is 12.1. The Morgan fingerprint density at radius 1 is 0.235 bits per heavy atom. The second-order valence-electron chi connectivity index (χ2n) is 18.8. The molecule has 0 heterocycles. The Morgan fingerprint density at radius 2 is 0.426 bits per heavy atom. The minimum atomic E-state index is 0.293. The van der Waals surface area contributed by atoms with Gasteiger partial charge in [-0.2, -0.15) is 0 Å². The normalized spacial score (nSPS) is 10.5. The van der Waals surface area contributed by atoms with E-state index < -0.39 is 0 Å². The van der Waals surface area contributed by atoms with Crippen molar-refractivity contribution in [2.45, 2.75) is 88.5 Å². The molecule has 0 radical (unpaired) electrons. The second-order valence-corrected chi connectivity index (χ2v) is 18.8. The van der Waals surface area contributed by atoms with E-state index in [9.17, 15) is 0 Å². The van der Waals surface area contributed by atoms with E-state index in [2.05, 4.69) is 293 Å². The van der Waals surface area contributed by atoms with Crippen molar-refractivity contribution in [3.63, 3.8) is 0 Å². The first-order valence-corrected chi connectivity index (χ1v) is 24.0. The number of nitrogens with zero attached hydrogens (tertiary/aromatic N) is 1. The number of rotatable bonds is 8. The van der Waals surface area contributed by atoms with Crippen LogP contribution in [0.1, 0.15) is 94.9 Å². The molecule has 0 N–H and O–H groups in total. The fraction of sp³-hybridized carbons (Fsp3) is 0.194. The largest absolute Gasteiger partial charge is 0.311 e. The summed E-state index contributed by atoms with van der Waals surface area (Å²) in [7, 11) is 0. The van der Waals surface area contributed by atoms with E-state index in [1.807, 2.05) is 0 Å². The third-order valence-corrected chi connectivity index (χ3v) is 12.1. The van der Waals surface area contributed by atoms with Crippen LogP contribution in [-0.4, -0.2) is 0 Å². The van der Waals surface area contributed by atoms with Crippen molar-refractivity contribution in [1.29, 1.82) is 0 Å². The maximum Gasteiger partial charge on any atom is 0.0461 e. The van der Waals surface area contributed by atoms with Gasteiger partial charge in [-0.3, -0.25) is 0 Å². The molecule has 0 amide bonds. The monoisotopic (exact) mass is 890 g/mol. The summed E-state index contributed by atoms with van der Waals surface area (Å²) < 4.78 is 0. The lowest BCUT2D eigenvalue weighted by atomic mass is 9.84. The molecule has 0 saturated carbocycles. The van der Waals surface area contributed by atoms with Gasteiger partial charge in [0.05, 0.1) is 0 Å². The van der Waals surface area contributed by atoms with Crippen LogP contribution < -0.4 is 4.90 Å². The van der Waals surface area contributed by atoms with Gasteiger partial charge in [0.2, 0.25) is 0 Å². The van der Waals surface area contributed by atoms with Crippen molar-refractivity contribution >= 4 is 17.1 Å². The molecular weight excluding hydrogens is 819 g/mol. The van der Waals surface area contributed by atoms with E-state index in [4.69, 9.17) is 0 Å². The first-order chi connectivity index (χ1) is 32.7. The van der Waals surface area contributed by atoms with Gasteiger partial charge in [0.25, 0.3) is 0 Å². The van der Waals surface area contributed by atoms with Crippen molar-refractivity contribution in [3.05, 3.63) is 301 Å². The van der Waals surface area contributed by atoms with Crippen molar-refractivity contribution in [2.24, 2.45) is 0 Å². The van der Waals surface area contributed by atoms with Gasteiger partial charge in [0.15, 0.2) is 0 Å². The van der Waals surface area contributed by atoms with Crippen molar-refractivity contribution in [1.82, 2.24) is 0 Å². The van der Waals surface area contributed by atoms with Crippen LogP contribution in [-0.2, 0) is 6.42 Å². The van der Waals surface area contributed by atoms with Crippen LogP contribution in [0.5, 0.6) is 0 Å². The Bertz CT molecular complexity index is 2440. The van der Waals surface area contributed by atoms with Gasteiger partial charge in [-0.1, -0.05) is 237 Å².